The molecule has 1 N–H and O–H groups in total. The molecule has 0 spiro atoms. The van der Waals surface area contributed by atoms with Crippen LogP contribution in [0.1, 0.15) is 16.1 Å². The van der Waals surface area contributed by atoms with Crippen LogP contribution in [0.15, 0.2) is 30.5 Å². The van der Waals surface area contributed by atoms with E-state index in [4.69, 9.17) is 5.11 Å². The maximum atomic E-state index is 11.1. The number of hydrogen-bond acceptors (Lipinski definition) is 4. The number of fused-ring (bicyclic) bond motifs is 1. The van der Waals surface area contributed by atoms with E-state index >= 15 is 0 Å². The normalized spacial score (nSPS) is 11.1. The van der Waals surface area contributed by atoms with E-state index in [1.807, 2.05) is 25.4 Å². The summed E-state index contributed by atoms with van der Waals surface area (Å²) in [6, 6.07) is 7.00. The second kappa shape index (κ2) is 4.76. The first kappa shape index (κ1) is 12.3. The molecular formula is C13H13N5O2. The average Bonchev–Trinajstić information content (AvgIpc) is 3.02. The standard InChI is InChI=1S/C13H13N5O2/c1-17-7-5-9(15-17)6-8-18-11-4-2-3-10(13(19)20)12(11)14-16-18/h2-5,7H,6,8H2,1H3,(H,19,20). The van der Waals surface area contributed by atoms with Gasteiger partial charge in [0.1, 0.15) is 5.52 Å². The van der Waals surface area contributed by atoms with Crippen molar-refractivity contribution in [2.24, 2.45) is 7.05 Å². The highest BCUT2D eigenvalue weighted by Gasteiger charge is 2.13. The van der Waals surface area contributed by atoms with Crippen LogP contribution in [-0.2, 0) is 20.0 Å². The maximum Gasteiger partial charge on any atom is 0.338 e. The van der Waals surface area contributed by atoms with Crippen LogP contribution >= 0.6 is 0 Å². The average molecular weight is 271 g/mol. The summed E-state index contributed by atoms with van der Waals surface area (Å²) in [5, 5.41) is 21.4. The van der Waals surface area contributed by atoms with Crippen LogP contribution in [0.3, 0.4) is 0 Å². The highest BCUT2D eigenvalue weighted by atomic mass is 16.4. The summed E-state index contributed by atoms with van der Waals surface area (Å²) in [6.45, 7) is 0.608. The molecule has 0 radical (unpaired) electrons. The molecule has 0 saturated heterocycles. The smallest absolute Gasteiger partial charge is 0.338 e. The van der Waals surface area contributed by atoms with Gasteiger partial charge in [0.05, 0.1) is 16.8 Å². The van der Waals surface area contributed by atoms with Gasteiger partial charge in [0.2, 0.25) is 0 Å². The molecule has 2 aromatic heterocycles. The van der Waals surface area contributed by atoms with E-state index in [9.17, 15) is 4.79 Å². The Morgan fingerprint density at radius 1 is 1.35 bits per heavy atom. The van der Waals surface area contributed by atoms with Crippen molar-refractivity contribution in [3.8, 4) is 0 Å². The molecular weight excluding hydrogens is 258 g/mol. The molecule has 0 aliphatic carbocycles. The van der Waals surface area contributed by atoms with Crippen molar-refractivity contribution in [1.29, 1.82) is 0 Å². The number of benzene rings is 1. The van der Waals surface area contributed by atoms with Crippen molar-refractivity contribution in [2.45, 2.75) is 13.0 Å². The molecule has 102 valence electrons. The number of hydrogen-bond donors (Lipinski definition) is 1. The summed E-state index contributed by atoms with van der Waals surface area (Å²) in [5.74, 6) is -0.993. The van der Waals surface area contributed by atoms with Crippen molar-refractivity contribution in [2.75, 3.05) is 0 Å². The number of carbonyl (C=O) groups is 1. The fourth-order valence-corrected chi connectivity index (χ4v) is 2.15. The minimum Gasteiger partial charge on any atom is -0.478 e. The zero-order valence-electron chi connectivity index (χ0n) is 10.9. The van der Waals surface area contributed by atoms with Gasteiger partial charge in [-0.2, -0.15) is 5.10 Å². The van der Waals surface area contributed by atoms with Gasteiger partial charge in [-0.1, -0.05) is 11.3 Å². The fourth-order valence-electron chi connectivity index (χ4n) is 2.15. The van der Waals surface area contributed by atoms with Gasteiger partial charge in [-0.25, -0.2) is 9.48 Å². The van der Waals surface area contributed by atoms with Gasteiger partial charge in [0, 0.05) is 26.2 Å². The molecule has 20 heavy (non-hydrogen) atoms. The van der Waals surface area contributed by atoms with Gasteiger partial charge < -0.3 is 5.11 Å². The zero-order valence-corrected chi connectivity index (χ0v) is 10.9. The summed E-state index contributed by atoms with van der Waals surface area (Å²) in [5.41, 5.74) is 2.28. The first-order valence-electron chi connectivity index (χ1n) is 6.19. The van der Waals surface area contributed by atoms with E-state index in [2.05, 4.69) is 15.4 Å². The molecule has 0 atom stereocenters. The SMILES string of the molecule is Cn1ccc(CCn2nnc3c(C(=O)O)cccc32)n1. The predicted octanol–water partition coefficient (Wildman–Crippen LogP) is 1.11. The number of carboxylic acid groups (broad SMARTS) is 1. The summed E-state index contributed by atoms with van der Waals surface area (Å²) in [7, 11) is 1.87. The van der Waals surface area contributed by atoms with Crippen LogP contribution in [0.4, 0.5) is 0 Å². The van der Waals surface area contributed by atoms with Gasteiger partial charge in [-0.15, -0.1) is 5.10 Å². The molecule has 0 aliphatic rings. The number of aromatic nitrogens is 5. The maximum absolute atomic E-state index is 11.1. The highest BCUT2D eigenvalue weighted by Crippen LogP contribution is 2.16. The van der Waals surface area contributed by atoms with Gasteiger partial charge in [-0.3, -0.25) is 4.68 Å². The van der Waals surface area contributed by atoms with Crippen molar-refractivity contribution in [3.63, 3.8) is 0 Å². The second-order valence-electron chi connectivity index (χ2n) is 4.52. The van der Waals surface area contributed by atoms with Crippen LogP contribution < -0.4 is 0 Å². The third-order valence-electron chi connectivity index (χ3n) is 3.12. The summed E-state index contributed by atoms with van der Waals surface area (Å²) in [4.78, 5) is 11.1. The third kappa shape index (κ3) is 2.13. The number of nitrogens with zero attached hydrogens (tertiary/aromatic N) is 5. The lowest BCUT2D eigenvalue weighted by molar-refractivity contribution is 0.0699. The summed E-state index contributed by atoms with van der Waals surface area (Å²) >= 11 is 0. The zero-order chi connectivity index (χ0) is 14.1. The van der Waals surface area contributed by atoms with Crippen LogP contribution in [0.5, 0.6) is 0 Å². The second-order valence-corrected chi connectivity index (χ2v) is 4.52. The monoisotopic (exact) mass is 271 g/mol. The van der Waals surface area contributed by atoms with Gasteiger partial charge >= 0.3 is 5.97 Å². The van der Waals surface area contributed by atoms with Crippen LogP contribution in [0, 0.1) is 0 Å². The fraction of sp³-hybridized carbons (Fsp3) is 0.231. The molecule has 0 bridgehead atoms. The van der Waals surface area contributed by atoms with Crippen LogP contribution in [0.2, 0.25) is 0 Å². The Labute approximate surface area is 114 Å². The van der Waals surface area contributed by atoms with Gasteiger partial charge in [-0.05, 0) is 18.2 Å². The molecule has 0 unspecified atom stereocenters. The Kier molecular flexibility index (Phi) is 2.94. The Morgan fingerprint density at radius 2 is 2.20 bits per heavy atom. The molecule has 3 rings (SSSR count). The molecule has 7 nitrogen and oxygen atoms in total. The Hall–Kier alpha value is -2.70. The van der Waals surface area contributed by atoms with Gasteiger partial charge in [0.25, 0.3) is 0 Å². The van der Waals surface area contributed by atoms with Crippen molar-refractivity contribution >= 4 is 17.0 Å². The first-order valence-corrected chi connectivity index (χ1v) is 6.19. The molecule has 0 saturated carbocycles. The van der Waals surface area contributed by atoms with E-state index in [1.165, 1.54) is 6.07 Å². The first-order chi connectivity index (χ1) is 9.65. The van der Waals surface area contributed by atoms with E-state index in [1.54, 1.807) is 15.4 Å². The Bertz CT molecular complexity index is 774. The minimum atomic E-state index is -0.993. The van der Waals surface area contributed by atoms with E-state index in [-0.39, 0.29) is 5.56 Å². The molecule has 1 aromatic carbocycles. The van der Waals surface area contributed by atoms with Crippen molar-refractivity contribution in [1.82, 2.24) is 24.8 Å². The van der Waals surface area contributed by atoms with Gasteiger partial charge in [0.15, 0.2) is 0 Å². The molecule has 7 heteroatoms. The van der Waals surface area contributed by atoms with E-state index in [0.29, 0.717) is 12.1 Å². The Balaban J connectivity index is 1.89. The molecule has 0 amide bonds. The molecule has 3 aromatic rings. The largest absolute Gasteiger partial charge is 0.478 e. The third-order valence-corrected chi connectivity index (χ3v) is 3.12. The molecule has 0 fully saturated rings. The number of aromatic carboxylic acids is 1. The lowest BCUT2D eigenvalue weighted by Crippen LogP contribution is -2.04. The quantitative estimate of drug-likeness (QED) is 0.768. The highest BCUT2D eigenvalue weighted by molar-refractivity contribution is 6.00. The molecule has 0 aliphatic heterocycles. The number of carboxylic acids is 1. The predicted molar refractivity (Wildman–Crippen MR) is 71.4 cm³/mol. The van der Waals surface area contributed by atoms with E-state index < -0.39 is 5.97 Å². The number of aryl methyl sites for hydroxylation is 3. The summed E-state index contributed by atoms with van der Waals surface area (Å²) in [6.07, 6.45) is 2.61. The molecule has 2 heterocycles. The van der Waals surface area contributed by atoms with E-state index in [0.717, 1.165) is 17.6 Å². The van der Waals surface area contributed by atoms with Crippen molar-refractivity contribution < 1.29 is 9.90 Å². The topological polar surface area (TPSA) is 85.8 Å². The lowest BCUT2D eigenvalue weighted by atomic mass is 10.2. The summed E-state index contributed by atoms with van der Waals surface area (Å²) < 4.78 is 3.45. The lowest BCUT2D eigenvalue weighted by Gasteiger charge is -2.01. The number of rotatable bonds is 4. The minimum absolute atomic E-state index is 0.173. The van der Waals surface area contributed by atoms with Crippen molar-refractivity contribution in [3.05, 3.63) is 41.7 Å². The van der Waals surface area contributed by atoms with Crippen LogP contribution in [-0.4, -0.2) is 35.9 Å². The van der Waals surface area contributed by atoms with Crippen LogP contribution in [0.25, 0.3) is 11.0 Å². The Morgan fingerprint density at radius 3 is 2.90 bits per heavy atom.